The Morgan fingerprint density at radius 2 is 2.00 bits per heavy atom. The zero-order valence-electron chi connectivity index (χ0n) is 6.43. The molecule has 8 heavy (non-hydrogen) atoms. The van der Waals surface area contributed by atoms with Crippen LogP contribution in [0.25, 0.3) is 0 Å². The Balaban J connectivity index is -0.000000180. The van der Waals surface area contributed by atoms with Crippen LogP contribution < -0.4 is 34.3 Å². The van der Waals surface area contributed by atoms with Gasteiger partial charge in [-0.3, -0.25) is 0 Å². The molecule has 0 aliphatic heterocycles. The minimum Gasteiger partial charge on any atom is -1.00 e. The summed E-state index contributed by atoms with van der Waals surface area (Å²) in [5.41, 5.74) is 0. The summed E-state index contributed by atoms with van der Waals surface area (Å²) in [6, 6.07) is 0. The van der Waals surface area contributed by atoms with E-state index in [1.54, 1.807) is 6.92 Å². The molecule has 0 aromatic heterocycles. The number of hydrogen-bond donors (Lipinski definition) is 1. The molecular weight excluding hydrogens is 137 g/mol. The predicted octanol–water partition coefficient (Wildman–Crippen LogP) is -3.33. The Morgan fingerprint density at radius 3 is 2.00 bits per heavy atom. The maximum atomic E-state index is 10.1. The van der Waals surface area contributed by atoms with Crippen LogP contribution in [0.15, 0.2) is 0 Å². The topological polar surface area (TPSA) is 46.2 Å². The van der Waals surface area contributed by atoms with Gasteiger partial charge in [0.05, 0.1) is 6.26 Å². The van der Waals surface area contributed by atoms with Crippen LogP contribution in [-0.2, 0) is 10.0 Å². The summed E-state index contributed by atoms with van der Waals surface area (Å²) in [5.74, 6) is 0. The first-order valence-electron chi connectivity index (χ1n) is 2.01. The average molecular weight is 147 g/mol. The van der Waals surface area contributed by atoms with Gasteiger partial charge in [-0.1, -0.05) is 6.92 Å². The fourth-order valence-corrected chi connectivity index (χ4v) is 0.787. The van der Waals surface area contributed by atoms with Crippen LogP contribution in [0.5, 0.6) is 0 Å². The van der Waals surface area contributed by atoms with Crippen LogP contribution in [-0.4, -0.2) is 21.2 Å². The zero-order chi connectivity index (χ0) is 5.91. The number of rotatable bonds is 2. The van der Waals surface area contributed by atoms with E-state index < -0.39 is 10.0 Å². The number of sulfonamides is 1. The van der Waals surface area contributed by atoms with E-state index in [9.17, 15) is 8.42 Å². The van der Waals surface area contributed by atoms with Crippen molar-refractivity contribution in [1.82, 2.24) is 4.72 Å². The molecule has 0 bridgehead atoms. The standard InChI is InChI=1S/C3H9NO2S.Na.H/c1-3-4-7(2,5)6;;/h4H,3H2,1-2H3;;/q;+1;-1. The molecule has 0 rings (SSSR count). The van der Waals surface area contributed by atoms with E-state index in [4.69, 9.17) is 0 Å². The van der Waals surface area contributed by atoms with Gasteiger partial charge in [0, 0.05) is 6.54 Å². The third kappa shape index (κ3) is 10.0. The monoisotopic (exact) mass is 147 g/mol. The van der Waals surface area contributed by atoms with Gasteiger partial charge in [-0.15, -0.1) is 0 Å². The van der Waals surface area contributed by atoms with Gasteiger partial charge in [0.2, 0.25) is 10.0 Å². The summed E-state index contributed by atoms with van der Waals surface area (Å²) >= 11 is 0. The molecule has 0 aliphatic rings. The molecule has 3 nitrogen and oxygen atoms in total. The van der Waals surface area contributed by atoms with E-state index in [2.05, 4.69) is 4.72 Å². The van der Waals surface area contributed by atoms with Gasteiger partial charge in [-0.2, -0.15) is 0 Å². The van der Waals surface area contributed by atoms with E-state index in [-0.39, 0.29) is 31.0 Å². The molecule has 0 fully saturated rings. The Kier molecular flexibility index (Phi) is 6.94. The second kappa shape index (κ2) is 4.76. The van der Waals surface area contributed by atoms with E-state index in [1.807, 2.05) is 0 Å². The summed E-state index contributed by atoms with van der Waals surface area (Å²) in [4.78, 5) is 0. The van der Waals surface area contributed by atoms with Crippen LogP contribution in [0.4, 0.5) is 0 Å². The Bertz CT molecular complexity index is 135. The maximum Gasteiger partial charge on any atom is 1.00 e. The Hall–Kier alpha value is 0.910. The average Bonchev–Trinajstić information content (AvgIpc) is 1.30. The summed E-state index contributed by atoms with van der Waals surface area (Å²) in [5, 5.41) is 0. The van der Waals surface area contributed by atoms with Crippen molar-refractivity contribution in [3.63, 3.8) is 0 Å². The zero-order valence-corrected chi connectivity index (χ0v) is 8.25. The van der Waals surface area contributed by atoms with Gasteiger partial charge in [-0.25, -0.2) is 13.1 Å². The molecule has 0 atom stereocenters. The minimum absolute atomic E-state index is 0. The van der Waals surface area contributed by atoms with Gasteiger partial charge >= 0.3 is 29.6 Å². The summed E-state index contributed by atoms with van der Waals surface area (Å²) in [6.45, 7) is 2.21. The molecular formula is C3H10NNaO2S. The molecule has 0 aromatic carbocycles. The smallest absolute Gasteiger partial charge is 1.00 e. The molecule has 0 amide bonds. The quantitative estimate of drug-likeness (QED) is 0.415. The van der Waals surface area contributed by atoms with E-state index >= 15 is 0 Å². The van der Waals surface area contributed by atoms with Gasteiger partial charge in [0.15, 0.2) is 0 Å². The summed E-state index contributed by atoms with van der Waals surface area (Å²) in [6.07, 6.45) is 1.14. The van der Waals surface area contributed by atoms with E-state index in [0.717, 1.165) is 6.26 Å². The molecule has 0 unspecified atom stereocenters. The van der Waals surface area contributed by atoms with Gasteiger partial charge in [0.1, 0.15) is 0 Å². The maximum absolute atomic E-state index is 10.1. The fourth-order valence-electron chi connectivity index (χ4n) is 0.262. The van der Waals surface area contributed by atoms with Crippen molar-refractivity contribution in [3.05, 3.63) is 0 Å². The van der Waals surface area contributed by atoms with Crippen molar-refractivity contribution < 1.29 is 39.4 Å². The van der Waals surface area contributed by atoms with Gasteiger partial charge in [0.25, 0.3) is 0 Å². The Labute approximate surface area is 73.7 Å². The second-order valence-corrected chi connectivity index (χ2v) is 3.10. The van der Waals surface area contributed by atoms with Gasteiger partial charge < -0.3 is 1.43 Å². The van der Waals surface area contributed by atoms with Crippen molar-refractivity contribution in [3.8, 4) is 0 Å². The summed E-state index contributed by atoms with van der Waals surface area (Å²) in [7, 11) is -2.92. The molecule has 0 saturated heterocycles. The van der Waals surface area contributed by atoms with Crippen LogP contribution >= 0.6 is 0 Å². The van der Waals surface area contributed by atoms with Crippen LogP contribution in [0.1, 0.15) is 8.35 Å². The van der Waals surface area contributed by atoms with Crippen molar-refractivity contribution in [2.75, 3.05) is 12.8 Å². The number of nitrogens with one attached hydrogen (secondary N) is 1. The van der Waals surface area contributed by atoms with Crippen molar-refractivity contribution in [2.24, 2.45) is 0 Å². The molecule has 1 N–H and O–H groups in total. The molecule has 0 aromatic rings. The molecule has 0 heterocycles. The van der Waals surface area contributed by atoms with Crippen LogP contribution in [0.3, 0.4) is 0 Å². The van der Waals surface area contributed by atoms with Crippen LogP contribution in [0.2, 0.25) is 0 Å². The Morgan fingerprint density at radius 1 is 1.62 bits per heavy atom. The predicted molar refractivity (Wildman–Crippen MR) is 29.6 cm³/mol. The molecule has 0 radical (unpaired) electrons. The van der Waals surface area contributed by atoms with E-state index in [1.165, 1.54) is 0 Å². The second-order valence-electron chi connectivity index (χ2n) is 1.27. The first-order chi connectivity index (χ1) is 3.06. The van der Waals surface area contributed by atoms with Crippen LogP contribution in [0, 0.1) is 0 Å². The summed E-state index contributed by atoms with van der Waals surface area (Å²) < 4.78 is 22.5. The SMILES string of the molecule is CCNS(C)(=O)=O.[H-].[Na+]. The number of hydrogen-bond acceptors (Lipinski definition) is 2. The minimum atomic E-state index is -2.92. The molecule has 0 spiro atoms. The normalized spacial score (nSPS) is 10.2. The van der Waals surface area contributed by atoms with E-state index in [0.29, 0.717) is 6.54 Å². The first kappa shape index (κ1) is 11.7. The van der Waals surface area contributed by atoms with Crippen molar-refractivity contribution in [1.29, 1.82) is 0 Å². The third-order valence-electron chi connectivity index (χ3n) is 0.407. The van der Waals surface area contributed by atoms with Gasteiger partial charge in [-0.05, 0) is 0 Å². The van der Waals surface area contributed by atoms with Crippen molar-refractivity contribution >= 4 is 10.0 Å². The third-order valence-corrected chi connectivity index (χ3v) is 1.22. The fraction of sp³-hybridized carbons (Fsp3) is 1.00. The first-order valence-corrected chi connectivity index (χ1v) is 3.90. The largest absolute Gasteiger partial charge is 1.00 e. The molecule has 0 saturated carbocycles. The molecule has 0 aliphatic carbocycles. The molecule has 5 heteroatoms. The van der Waals surface area contributed by atoms with Crippen molar-refractivity contribution in [2.45, 2.75) is 6.92 Å². The molecule has 46 valence electrons.